The smallest absolute Gasteiger partial charge is 0.271 e. The Bertz CT molecular complexity index is 1200. The van der Waals surface area contributed by atoms with Crippen molar-refractivity contribution in [3.63, 3.8) is 0 Å². The second-order valence-corrected chi connectivity index (χ2v) is 7.63. The van der Waals surface area contributed by atoms with Gasteiger partial charge in [-0.25, -0.2) is 13.8 Å². The lowest BCUT2D eigenvalue weighted by Gasteiger charge is -2.08. The third kappa shape index (κ3) is 5.32. The fourth-order valence-electron chi connectivity index (χ4n) is 2.89. The first-order valence-corrected chi connectivity index (χ1v) is 10.4. The molecule has 3 aromatic carbocycles. The number of aromatic nitrogens is 1. The topological polar surface area (TPSA) is 51.2 Å². The first-order chi connectivity index (χ1) is 15.1. The zero-order chi connectivity index (χ0) is 21.6. The molecule has 1 amide bonds. The summed E-state index contributed by atoms with van der Waals surface area (Å²) < 4.78 is 32.1. The lowest BCUT2D eigenvalue weighted by Crippen LogP contribution is -2.23. The minimum atomic E-state index is -0.907. The number of carbonyl (C=O) groups excluding carboxylic acids is 1. The summed E-state index contributed by atoms with van der Waals surface area (Å²) >= 11 is 1.36. The van der Waals surface area contributed by atoms with Gasteiger partial charge in [0.15, 0.2) is 11.6 Å². The maximum Gasteiger partial charge on any atom is 0.271 e. The maximum atomic E-state index is 13.3. The van der Waals surface area contributed by atoms with Crippen molar-refractivity contribution in [2.24, 2.45) is 0 Å². The number of rotatable bonds is 7. The Hall–Kier alpha value is -3.58. The molecule has 0 radical (unpaired) electrons. The Labute approximate surface area is 182 Å². The van der Waals surface area contributed by atoms with E-state index in [1.807, 2.05) is 42.5 Å². The van der Waals surface area contributed by atoms with Gasteiger partial charge in [0, 0.05) is 17.5 Å². The van der Waals surface area contributed by atoms with Crippen LogP contribution >= 0.6 is 11.3 Å². The summed E-state index contributed by atoms with van der Waals surface area (Å²) in [6.45, 7) is 0.533. The molecule has 31 heavy (non-hydrogen) atoms. The van der Waals surface area contributed by atoms with E-state index in [0.717, 1.165) is 23.3 Å². The Morgan fingerprint density at radius 1 is 0.935 bits per heavy atom. The number of carbonyl (C=O) groups is 1. The molecule has 0 saturated heterocycles. The van der Waals surface area contributed by atoms with Crippen LogP contribution in [0.3, 0.4) is 0 Å². The second-order valence-electron chi connectivity index (χ2n) is 6.77. The molecular weight excluding hydrogens is 418 g/mol. The van der Waals surface area contributed by atoms with Crippen LogP contribution in [0, 0.1) is 11.6 Å². The molecular formula is C24H18F2N2O2S. The monoisotopic (exact) mass is 436 g/mol. The quantitative estimate of drug-likeness (QED) is 0.410. The van der Waals surface area contributed by atoms with Gasteiger partial charge in [0.05, 0.1) is 0 Å². The van der Waals surface area contributed by atoms with Gasteiger partial charge in [0.25, 0.3) is 5.91 Å². The zero-order valence-corrected chi connectivity index (χ0v) is 17.2. The molecule has 1 N–H and O–H groups in total. The number of hydrogen-bond acceptors (Lipinski definition) is 4. The lowest BCUT2D eigenvalue weighted by atomic mass is 10.2. The van der Waals surface area contributed by atoms with Crippen molar-refractivity contribution in [2.75, 3.05) is 0 Å². The Kier molecular flexibility index (Phi) is 6.33. The summed E-state index contributed by atoms with van der Waals surface area (Å²) in [5.74, 6) is -1.47. The predicted octanol–water partition coefficient (Wildman–Crippen LogP) is 5.60. The van der Waals surface area contributed by atoms with Crippen LogP contribution in [0.1, 0.15) is 21.6 Å². The van der Waals surface area contributed by atoms with E-state index in [0.29, 0.717) is 28.6 Å². The van der Waals surface area contributed by atoms with E-state index in [1.54, 1.807) is 17.5 Å². The van der Waals surface area contributed by atoms with E-state index in [4.69, 9.17) is 4.74 Å². The van der Waals surface area contributed by atoms with Crippen LogP contribution in [0.25, 0.3) is 10.6 Å². The summed E-state index contributed by atoms with van der Waals surface area (Å²) in [7, 11) is 0. The zero-order valence-electron chi connectivity index (χ0n) is 16.3. The van der Waals surface area contributed by atoms with E-state index in [9.17, 15) is 13.6 Å². The van der Waals surface area contributed by atoms with Crippen molar-refractivity contribution in [1.29, 1.82) is 0 Å². The van der Waals surface area contributed by atoms with Crippen molar-refractivity contribution in [1.82, 2.24) is 10.3 Å². The van der Waals surface area contributed by atoms with Gasteiger partial charge in [0.1, 0.15) is 23.1 Å². The van der Waals surface area contributed by atoms with Gasteiger partial charge in [-0.05, 0) is 35.4 Å². The van der Waals surface area contributed by atoms with Crippen LogP contribution in [0.4, 0.5) is 8.78 Å². The predicted molar refractivity (Wildman–Crippen MR) is 116 cm³/mol. The average molecular weight is 436 g/mol. The molecule has 0 spiro atoms. The second kappa shape index (κ2) is 9.49. The van der Waals surface area contributed by atoms with Gasteiger partial charge < -0.3 is 10.1 Å². The molecule has 0 unspecified atom stereocenters. The van der Waals surface area contributed by atoms with Crippen LogP contribution in [0.2, 0.25) is 0 Å². The van der Waals surface area contributed by atoms with Gasteiger partial charge in [-0.2, -0.15) is 0 Å². The molecule has 0 aliphatic rings. The van der Waals surface area contributed by atoms with E-state index in [1.165, 1.54) is 17.4 Å². The number of nitrogens with zero attached hydrogens (tertiary/aromatic N) is 1. The number of hydrogen-bond donors (Lipinski definition) is 1. The molecule has 0 fully saturated rings. The van der Waals surface area contributed by atoms with E-state index in [2.05, 4.69) is 10.3 Å². The van der Waals surface area contributed by atoms with Crippen molar-refractivity contribution in [3.8, 4) is 16.3 Å². The van der Waals surface area contributed by atoms with Crippen LogP contribution in [-0.4, -0.2) is 10.9 Å². The number of halogens is 2. The number of thiazole rings is 1. The lowest BCUT2D eigenvalue weighted by molar-refractivity contribution is 0.0946. The average Bonchev–Trinajstić information content (AvgIpc) is 3.30. The van der Waals surface area contributed by atoms with Gasteiger partial charge in [-0.15, -0.1) is 11.3 Å². The summed E-state index contributed by atoms with van der Waals surface area (Å²) in [5.41, 5.74) is 2.69. The SMILES string of the molecule is O=C(NCc1ccccc1)c1csc(-c2cccc(OCc3ccc(F)c(F)c3)c2)n1. The van der Waals surface area contributed by atoms with Crippen molar-refractivity contribution in [2.45, 2.75) is 13.2 Å². The first kappa shape index (κ1) is 20.7. The van der Waals surface area contributed by atoms with Gasteiger partial charge in [0.2, 0.25) is 0 Å². The van der Waals surface area contributed by atoms with E-state index >= 15 is 0 Å². The highest BCUT2D eigenvalue weighted by Crippen LogP contribution is 2.27. The van der Waals surface area contributed by atoms with Crippen molar-refractivity contribution < 1.29 is 18.3 Å². The highest BCUT2D eigenvalue weighted by Gasteiger charge is 2.12. The Balaban J connectivity index is 1.40. The van der Waals surface area contributed by atoms with Crippen LogP contribution < -0.4 is 10.1 Å². The summed E-state index contributed by atoms with van der Waals surface area (Å²) in [6, 6.07) is 20.6. The molecule has 4 nitrogen and oxygen atoms in total. The molecule has 1 aromatic heterocycles. The Morgan fingerprint density at radius 3 is 2.58 bits per heavy atom. The molecule has 0 saturated carbocycles. The number of nitrogens with one attached hydrogen (secondary N) is 1. The van der Waals surface area contributed by atoms with E-state index < -0.39 is 11.6 Å². The Morgan fingerprint density at radius 2 is 1.77 bits per heavy atom. The summed E-state index contributed by atoms with van der Waals surface area (Å²) in [5, 5.41) is 5.26. The molecule has 0 aliphatic carbocycles. The molecule has 4 aromatic rings. The molecule has 0 atom stereocenters. The highest BCUT2D eigenvalue weighted by molar-refractivity contribution is 7.13. The molecule has 4 rings (SSSR count). The number of ether oxygens (including phenoxy) is 1. The molecule has 0 bridgehead atoms. The largest absolute Gasteiger partial charge is 0.489 e. The van der Waals surface area contributed by atoms with Gasteiger partial charge >= 0.3 is 0 Å². The summed E-state index contributed by atoms with van der Waals surface area (Å²) in [4.78, 5) is 16.8. The molecule has 156 valence electrons. The normalized spacial score (nSPS) is 10.6. The standard InChI is InChI=1S/C24H18F2N2O2S/c25-20-10-9-17(11-21(20)26)14-30-19-8-4-7-18(12-19)24-28-22(15-31-24)23(29)27-13-16-5-2-1-3-6-16/h1-12,15H,13-14H2,(H,27,29). The fraction of sp³-hybridized carbons (Fsp3) is 0.0833. The van der Waals surface area contributed by atoms with Crippen LogP contribution in [0.15, 0.2) is 78.2 Å². The summed E-state index contributed by atoms with van der Waals surface area (Å²) in [6.07, 6.45) is 0. The molecule has 1 heterocycles. The number of benzene rings is 3. The van der Waals surface area contributed by atoms with Crippen LogP contribution in [0.5, 0.6) is 5.75 Å². The van der Waals surface area contributed by atoms with Gasteiger partial charge in [-0.3, -0.25) is 4.79 Å². The maximum absolute atomic E-state index is 13.3. The van der Waals surface area contributed by atoms with Crippen LogP contribution in [-0.2, 0) is 13.2 Å². The third-order valence-corrected chi connectivity index (χ3v) is 5.39. The molecule has 7 heteroatoms. The third-order valence-electron chi connectivity index (χ3n) is 4.50. The highest BCUT2D eigenvalue weighted by atomic mass is 32.1. The fourth-order valence-corrected chi connectivity index (χ4v) is 3.69. The van der Waals surface area contributed by atoms with Gasteiger partial charge in [-0.1, -0.05) is 48.5 Å². The first-order valence-electron chi connectivity index (χ1n) is 9.53. The minimum Gasteiger partial charge on any atom is -0.489 e. The van der Waals surface area contributed by atoms with Crippen molar-refractivity contribution >= 4 is 17.2 Å². The van der Waals surface area contributed by atoms with Crippen molar-refractivity contribution in [3.05, 3.63) is 107 Å². The minimum absolute atomic E-state index is 0.103. The molecule has 0 aliphatic heterocycles. The van der Waals surface area contributed by atoms with E-state index in [-0.39, 0.29) is 12.5 Å². The number of amides is 1.